The molecule has 0 radical (unpaired) electrons. The summed E-state index contributed by atoms with van der Waals surface area (Å²) >= 11 is 0. The minimum Gasteiger partial charge on any atom is -0.343 e. The molecule has 1 fully saturated rings. The normalized spacial score (nSPS) is 15.8. The highest BCUT2D eigenvalue weighted by atomic mass is 16.2. The summed E-state index contributed by atoms with van der Waals surface area (Å²) in [4.78, 5) is 17.0. The molecular weight excluding hydrogens is 320 g/mol. The maximum Gasteiger partial charge on any atom is 0.225 e. The number of hydrogen-bond donors (Lipinski definition) is 0. The van der Waals surface area contributed by atoms with E-state index in [-0.39, 0.29) is 5.92 Å². The molecule has 138 valence electrons. The van der Waals surface area contributed by atoms with Crippen molar-refractivity contribution in [2.75, 3.05) is 26.2 Å². The first kappa shape index (κ1) is 18.7. The zero-order chi connectivity index (χ0) is 18.4. The highest BCUT2D eigenvalue weighted by Gasteiger charge is 2.27. The number of carbonyl (C=O) groups excluding carboxylic acids is 1. The Hall–Kier alpha value is -2.13. The van der Waals surface area contributed by atoms with Crippen molar-refractivity contribution >= 4 is 5.91 Å². The monoisotopic (exact) mass is 350 g/mol. The third-order valence-electron chi connectivity index (χ3n) is 5.48. The Balaban J connectivity index is 1.52. The van der Waals surface area contributed by atoms with Gasteiger partial charge in [-0.15, -0.1) is 0 Å². The van der Waals surface area contributed by atoms with Crippen LogP contribution >= 0.6 is 0 Å². The third-order valence-corrected chi connectivity index (χ3v) is 5.48. The molecule has 2 aromatic rings. The first-order chi connectivity index (χ1) is 12.7. The van der Waals surface area contributed by atoms with Crippen molar-refractivity contribution in [3.05, 3.63) is 60.2 Å². The summed E-state index contributed by atoms with van der Waals surface area (Å²) in [6, 6.07) is 19.4. The smallest absolute Gasteiger partial charge is 0.225 e. The van der Waals surface area contributed by atoms with E-state index >= 15 is 0 Å². The lowest BCUT2D eigenvalue weighted by atomic mass is 9.94. The molecule has 0 aromatic heterocycles. The highest BCUT2D eigenvalue weighted by molar-refractivity contribution is 5.78. The standard InChI is InChI=1S/C23H30N2O/c1-3-25(4-2)23(26)22-14-16-24(17-15-22)18-19-10-12-21(13-11-19)20-8-6-5-7-9-20/h5-13,22H,3-4,14-18H2,1-2H3. The van der Waals surface area contributed by atoms with Crippen molar-refractivity contribution in [3.8, 4) is 11.1 Å². The van der Waals surface area contributed by atoms with Crippen LogP contribution in [0.25, 0.3) is 11.1 Å². The van der Waals surface area contributed by atoms with E-state index in [4.69, 9.17) is 0 Å². The van der Waals surface area contributed by atoms with Gasteiger partial charge in [0.05, 0.1) is 0 Å². The molecule has 1 aliphatic heterocycles. The average Bonchev–Trinajstić information content (AvgIpc) is 2.71. The van der Waals surface area contributed by atoms with Gasteiger partial charge in [-0.2, -0.15) is 0 Å². The number of carbonyl (C=O) groups is 1. The highest BCUT2D eigenvalue weighted by Crippen LogP contribution is 2.23. The Kier molecular flexibility index (Phi) is 6.45. The molecule has 0 spiro atoms. The third kappa shape index (κ3) is 4.53. The van der Waals surface area contributed by atoms with Crippen LogP contribution in [0.5, 0.6) is 0 Å². The summed E-state index contributed by atoms with van der Waals surface area (Å²) < 4.78 is 0. The predicted octanol–water partition coefficient (Wildman–Crippen LogP) is 4.43. The SMILES string of the molecule is CCN(CC)C(=O)C1CCN(Cc2ccc(-c3ccccc3)cc2)CC1. The topological polar surface area (TPSA) is 23.6 Å². The summed E-state index contributed by atoms with van der Waals surface area (Å²) in [5.41, 5.74) is 3.87. The van der Waals surface area contributed by atoms with Gasteiger partial charge < -0.3 is 4.90 Å². The van der Waals surface area contributed by atoms with E-state index in [2.05, 4.69) is 67.3 Å². The van der Waals surface area contributed by atoms with Gasteiger partial charge in [0.1, 0.15) is 0 Å². The van der Waals surface area contributed by atoms with Crippen LogP contribution in [-0.4, -0.2) is 41.9 Å². The summed E-state index contributed by atoms with van der Waals surface area (Å²) in [5.74, 6) is 0.563. The summed E-state index contributed by atoms with van der Waals surface area (Å²) in [7, 11) is 0. The zero-order valence-corrected chi connectivity index (χ0v) is 16.0. The minimum atomic E-state index is 0.214. The van der Waals surface area contributed by atoms with Crippen molar-refractivity contribution < 1.29 is 4.79 Å². The van der Waals surface area contributed by atoms with Crippen LogP contribution < -0.4 is 0 Å². The number of benzene rings is 2. The number of nitrogens with zero attached hydrogens (tertiary/aromatic N) is 2. The Morgan fingerprint density at radius 2 is 1.50 bits per heavy atom. The molecule has 26 heavy (non-hydrogen) atoms. The molecule has 1 aliphatic rings. The molecule has 2 aromatic carbocycles. The second-order valence-electron chi connectivity index (χ2n) is 7.12. The zero-order valence-electron chi connectivity index (χ0n) is 16.0. The van der Waals surface area contributed by atoms with Crippen molar-refractivity contribution in [1.82, 2.24) is 9.80 Å². The van der Waals surface area contributed by atoms with Gasteiger partial charge in [-0.1, -0.05) is 54.6 Å². The fraction of sp³-hybridized carbons (Fsp3) is 0.435. The van der Waals surface area contributed by atoms with Gasteiger partial charge in [0.25, 0.3) is 0 Å². The molecule has 3 rings (SSSR count). The molecule has 0 unspecified atom stereocenters. The van der Waals surface area contributed by atoms with Gasteiger partial charge in [0.2, 0.25) is 5.91 Å². The van der Waals surface area contributed by atoms with Crippen LogP contribution in [0.3, 0.4) is 0 Å². The number of likely N-dealkylation sites (tertiary alicyclic amines) is 1. The van der Waals surface area contributed by atoms with Crippen LogP contribution in [0.2, 0.25) is 0 Å². The van der Waals surface area contributed by atoms with Gasteiger partial charge >= 0.3 is 0 Å². The summed E-state index contributed by atoms with van der Waals surface area (Å²) in [6.45, 7) is 8.77. The molecule has 1 saturated heterocycles. The fourth-order valence-electron chi connectivity index (χ4n) is 3.82. The van der Waals surface area contributed by atoms with Crippen LogP contribution in [0.15, 0.2) is 54.6 Å². The quantitative estimate of drug-likeness (QED) is 0.769. The molecule has 0 atom stereocenters. The van der Waals surface area contributed by atoms with E-state index in [1.54, 1.807) is 0 Å². The molecule has 3 heteroatoms. The van der Waals surface area contributed by atoms with Crippen molar-refractivity contribution in [3.63, 3.8) is 0 Å². The first-order valence-corrected chi connectivity index (χ1v) is 9.86. The summed E-state index contributed by atoms with van der Waals surface area (Å²) in [6.07, 6.45) is 1.97. The second kappa shape index (κ2) is 9.00. The summed E-state index contributed by atoms with van der Waals surface area (Å²) in [5, 5.41) is 0. The molecule has 0 N–H and O–H groups in total. The predicted molar refractivity (Wildman–Crippen MR) is 108 cm³/mol. The van der Waals surface area contributed by atoms with Gasteiger partial charge in [0.15, 0.2) is 0 Å². The Bertz CT molecular complexity index is 684. The van der Waals surface area contributed by atoms with Gasteiger partial charge in [0, 0.05) is 25.6 Å². The lowest BCUT2D eigenvalue weighted by Crippen LogP contribution is -2.42. The van der Waals surface area contributed by atoms with Crippen LogP contribution in [-0.2, 0) is 11.3 Å². The Morgan fingerprint density at radius 1 is 0.923 bits per heavy atom. The molecular formula is C23H30N2O. The number of amides is 1. The van der Waals surface area contributed by atoms with E-state index < -0.39 is 0 Å². The Labute approximate surface area is 157 Å². The first-order valence-electron chi connectivity index (χ1n) is 9.86. The molecule has 0 bridgehead atoms. The van der Waals surface area contributed by atoms with Crippen LogP contribution in [0.4, 0.5) is 0 Å². The lowest BCUT2D eigenvalue weighted by molar-refractivity contribution is -0.136. The Morgan fingerprint density at radius 3 is 2.08 bits per heavy atom. The van der Waals surface area contributed by atoms with Gasteiger partial charge in [-0.25, -0.2) is 0 Å². The number of piperidine rings is 1. The van der Waals surface area contributed by atoms with E-state index in [0.717, 1.165) is 45.6 Å². The number of rotatable bonds is 6. The second-order valence-corrected chi connectivity index (χ2v) is 7.12. The van der Waals surface area contributed by atoms with Crippen molar-refractivity contribution in [1.29, 1.82) is 0 Å². The molecule has 0 saturated carbocycles. The average molecular weight is 351 g/mol. The van der Waals surface area contributed by atoms with Crippen molar-refractivity contribution in [2.45, 2.75) is 33.2 Å². The van der Waals surface area contributed by atoms with Crippen molar-refractivity contribution in [2.24, 2.45) is 5.92 Å². The van der Waals surface area contributed by atoms with E-state index in [1.165, 1.54) is 16.7 Å². The largest absolute Gasteiger partial charge is 0.343 e. The molecule has 1 heterocycles. The van der Waals surface area contributed by atoms with Crippen LogP contribution in [0.1, 0.15) is 32.3 Å². The fourth-order valence-corrected chi connectivity index (χ4v) is 3.82. The molecule has 3 nitrogen and oxygen atoms in total. The minimum absolute atomic E-state index is 0.214. The van der Waals surface area contributed by atoms with E-state index in [0.29, 0.717) is 5.91 Å². The maximum atomic E-state index is 12.5. The van der Waals surface area contributed by atoms with E-state index in [1.807, 2.05) is 11.0 Å². The lowest BCUT2D eigenvalue weighted by Gasteiger charge is -2.33. The van der Waals surface area contributed by atoms with Gasteiger partial charge in [-0.05, 0) is 56.5 Å². The van der Waals surface area contributed by atoms with E-state index in [9.17, 15) is 4.79 Å². The maximum absolute atomic E-state index is 12.5. The van der Waals surface area contributed by atoms with Gasteiger partial charge in [-0.3, -0.25) is 9.69 Å². The molecule has 1 amide bonds. The van der Waals surface area contributed by atoms with Crippen LogP contribution in [0, 0.1) is 5.92 Å². The number of hydrogen-bond acceptors (Lipinski definition) is 2. The molecule has 0 aliphatic carbocycles.